The van der Waals surface area contributed by atoms with Gasteiger partial charge < -0.3 is 15.2 Å². The van der Waals surface area contributed by atoms with Crippen molar-refractivity contribution in [2.24, 2.45) is 0 Å². The van der Waals surface area contributed by atoms with E-state index in [0.717, 1.165) is 25.7 Å². The summed E-state index contributed by atoms with van der Waals surface area (Å²) in [6.45, 7) is 2.37. The van der Waals surface area contributed by atoms with Gasteiger partial charge in [0.05, 0.1) is 12.7 Å². The molecule has 1 aromatic rings. The maximum absolute atomic E-state index is 12.2. The molecule has 0 spiro atoms. The molecule has 1 fully saturated rings. The van der Waals surface area contributed by atoms with Gasteiger partial charge in [0.15, 0.2) is 11.4 Å². The lowest BCUT2D eigenvalue weighted by Crippen LogP contribution is -2.39. The zero-order valence-electron chi connectivity index (χ0n) is 11.1. The fraction of sp³-hybridized carbons (Fsp3) is 0.571. The summed E-state index contributed by atoms with van der Waals surface area (Å²) in [5.74, 6) is 0.309. The highest BCUT2D eigenvalue weighted by Crippen LogP contribution is 2.20. The van der Waals surface area contributed by atoms with Crippen LogP contribution in [0.2, 0.25) is 0 Å². The standard InChI is InChI=1S/C14H20N2O3/c1-2-19-12-4-3-9-15-13(12)14(18)16-10-5-7-11(17)8-6-10/h3-4,9-11,17H,2,5-8H2,1H3,(H,16,18). The van der Waals surface area contributed by atoms with Crippen LogP contribution in [0.1, 0.15) is 43.1 Å². The summed E-state index contributed by atoms with van der Waals surface area (Å²) in [5.41, 5.74) is 0.329. The number of aliphatic hydroxyl groups is 1. The minimum Gasteiger partial charge on any atom is -0.491 e. The van der Waals surface area contributed by atoms with Gasteiger partial charge in [-0.05, 0) is 44.7 Å². The molecule has 0 aliphatic heterocycles. The number of hydrogen-bond donors (Lipinski definition) is 2. The maximum Gasteiger partial charge on any atom is 0.273 e. The second-order valence-corrected chi connectivity index (χ2v) is 4.76. The van der Waals surface area contributed by atoms with Crippen LogP contribution in [0.4, 0.5) is 0 Å². The third-order valence-electron chi connectivity index (χ3n) is 3.32. The first-order valence-electron chi connectivity index (χ1n) is 6.77. The summed E-state index contributed by atoms with van der Waals surface area (Å²) in [4.78, 5) is 16.3. The Morgan fingerprint density at radius 1 is 1.47 bits per heavy atom. The predicted octanol–water partition coefficient (Wildman–Crippen LogP) is 1.51. The van der Waals surface area contributed by atoms with Gasteiger partial charge in [0.25, 0.3) is 5.91 Å². The molecule has 1 aliphatic carbocycles. The molecule has 19 heavy (non-hydrogen) atoms. The zero-order valence-corrected chi connectivity index (χ0v) is 11.1. The minimum atomic E-state index is -0.220. The average molecular weight is 264 g/mol. The second kappa shape index (κ2) is 6.52. The monoisotopic (exact) mass is 264 g/mol. The molecule has 1 aliphatic rings. The molecule has 5 heteroatoms. The molecule has 1 saturated carbocycles. The highest BCUT2D eigenvalue weighted by molar-refractivity contribution is 5.95. The van der Waals surface area contributed by atoms with Gasteiger partial charge in [-0.1, -0.05) is 0 Å². The molecule has 104 valence electrons. The van der Waals surface area contributed by atoms with E-state index in [2.05, 4.69) is 10.3 Å². The molecule has 5 nitrogen and oxygen atoms in total. The van der Waals surface area contributed by atoms with Crippen LogP contribution >= 0.6 is 0 Å². The van der Waals surface area contributed by atoms with E-state index < -0.39 is 0 Å². The molecule has 2 N–H and O–H groups in total. The quantitative estimate of drug-likeness (QED) is 0.864. The molecule has 0 atom stereocenters. The summed E-state index contributed by atoms with van der Waals surface area (Å²) in [7, 11) is 0. The lowest BCUT2D eigenvalue weighted by atomic mass is 9.93. The fourth-order valence-electron chi connectivity index (χ4n) is 2.31. The van der Waals surface area contributed by atoms with Crippen LogP contribution in [0.15, 0.2) is 18.3 Å². The average Bonchev–Trinajstić information content (AvgIpc) is 2.42. The molecule has 1 aromatic heterocycles. The first-order chi connectivity index (χ1) is 9.20. The van der Waals surface area contributed by atoms with E-state index in [-0.39, 0.29) is 18.1 Å². The highest BCUT2D eigenvalue weighted by Gasteiger charge is 2.23. The van der Waals surface area contributed by atoms with Crippen LogP contribution < -0.4 is 10.1 Å². The topological polar surface area (TPSA) is 71.5 Å². The zero-order chi connectivity index (χ0) is 13.7. The Bertz CT molecular complexity index is 428. The number of amides is 1. The summed E-state index contributed by atoms with van der Waals surface area (Å²) in [6.07, 6.45) is 4.47. The summed E-state index contributed by atoms with van der Waals surface area (Å²) in [5, 5.41) is 12.4. The van der Waals surface area contributed by atoms with Crippen LogP contribution in [-0.2, 0) is 0 Å². The molecule has 2 rings (SSSR count). The minimum absolute atomic E-state index is 0.118. The Hall–Kier alpha value is -1.62. The molecule has 0 aromatic carbocycles. The summed E-state index contributed by atoms with van der Waals surface area (Å²) >= 11 is 0. The van der Waals surface area contributed by atoms with Gasteiger partial charge in [0.1, 0.15) is 0 Å². The van der Waals surface area contributed by atoms with Gasteiger partial charge in [-0.2, -0.15) is 0 Å². The summed E-state index contributed by atoms with van der Waals surface area (Å²) in [6, 6.07) is 3.61. The Balaban J connectivity index is 1.99. The molecule has 0 radical (unpaired) electrons. The molecule has 0 unspecified atom stereocenters. The number of aliphatic hydroxyl groups excluding tert-OH is 1. The van der Waals surface area contributed by atoms with E-state index in [0.29, 0.717) is 18.1 Å². The second-order valence-electron chi connectivity index (χ2n) is 4.76. The SMILES string of the molecule is CCOc1cccnc1C(=O)NC1CCC(O)CC1. The van der Waals surface area contributed by atoms with Crippen molar-refractivity contribution in [3.05, 3.63) is 24.0 Å². The smallest absolute Gasteiger partial charge is 0.273 e. The third kappa shape index (κ3) is 3.67. The lowest BCUT2D eigenvalue weighted by molar-refractivity contribution is 0.0859. The van der Waals surface area contributed by atoms with Gasteiger partial charge in [0.2, 0.25) is 0 Å². The van der Waals surface area contributed by atoms with Crippen molar-refractivity contribution < 1.29 is 14.6 Å². The maximum atomic E-state index is 12.2. The number of carbonyl (C=O) groups is 1. The molecular weight excluding hydrogens is 244 g/mol. The van der Waals surface area contributed by atoms with E-state index in [1.807, 2.05) is 6.92 Å². The highest BCUT2D eigenvalue weighted by atomic mass is 16.5. The number of aromatic nitrogens is 1. The van der Waals surface area contributed by atoms with Crippen molar-refractivity contribution in [2.75, 3.05) is 6.61 Å². The number of rotatable bonds is 4. The van der Waals surface area contributed by atoms with E-state index in [1.165, 1.54) is 0 Å². The van der Waals surface area contributed by atoms with Crippen molar-refractivity contribution in [1.82, 2.24) is 10.3 Å². The Morgan fingerprint density at radius 2 is 2.21 bits per heavy atom. The van der Waals surface area contributed by atoms with Crippen molar-refractivity contribution in [1.29, 1.82) is 0 Å². The van der Waals surface area contributed by atoms with Crippen molar-refractivity contribution in [3.63, 3.8) is 0 Å². The fourth-order valence-corrected chi connectivity index (χ4v) is 2.31. The molecule has 0 bridgehead atoms. The predicted molar refractivity (Wildman–Crippen MR) is 71.1 cm³/mol. The Morgan fingerprint density at radius 3 is 2.89 bits per heavy atom. The van der Waals surface area contributed by atoms with Gasteiger partial charge >= 0.3 is 0 Å². The number of ether oxygens (including phenoxy) is 1. The third-order valence-corrected chi connectivity index (χ3v) is 3.32. The molecule has 1 heterocycles. The number of hydrogen-bond acceptors (Lipinski definition) is 4. The Labute approximate surface area is 113 Å². The lowest BCUT2D eigenvalue weighted by Gasteiger charge is -2.26. The van der Waals surface area contributed by atoms with Crippen LogP contribution in [0.25, 0.3) is 0 Å². The van der Waals surface area contributed by atoms with Crippen molar-refractivity contribution in [3.8, 4) is 5.75 Å². The first-order valence-corrected chi connectivity index (χ1v) is 6.77. The van der Waals surface area contributed by atoms with E-state index in [1.54, 1.807) is 18.3 Å². The van der Waals surface area contributed by atoms with Gasteiger partial charge in [-0.25, -0.2) is 4.98 Å². The van der Waals surface area contributed by atoms with Crippen LogP contribution in [-0.4, -0.2) is 34.8 Å². The van der Waals surface area contributed by atoms with E-state index >= 15 is 0 Å². The normalized spacial score (nSPS) is 22.8. The van der Waals surface area contributed by atoms with Crippen LogP contribution in [0.3, 0.4) is 0 Å². The van der Waals surface area contributed by atoms with Gasteiger partial charge in [0, 0.05) is 12.2 Å². The number of nitrogens with one attached hydrogen (secondary N) is 1. The largest absolute Gasteiger partial charge is 0.491 e. The van der Waals surface area contributed by atoms with Crippen molar-refractivity contribution in [2.45, 2.75) is 44.8 Å². The molecule has 1 amide bonds. The van der Waals surface area contributed by atoms with E-state index in [9.17, 15) is 9.90 Å². The first kappa shape index (κ1) is 13.8. The van der Waals surface area contributed by atoms with Gasteiger partial charge in [-0.3, -0.25) is 4.79 Å². The van der Waals surface area contributed by atoms with Crippen LogP contribution in [0.5, 0.6) is 5.75 Å². The molecular formula is C14H20N2O3. The molecule has 0 saturated heterocycles. The van der Waals surface area contributed by atoms with Crippen molar-refractivity contribution >= 4 is 5.91 Å². The number of nitrogens with zero attached hydrogens (tertiary/aromatic N) is 1. The van der Waals surface area contributed by atoms with Crippen LogP contribution in [0, 0.1) is 0 Å². The van der Waals surface area contributed by atoms with E-state index in [4.69, 9.17) is 4.74 Å². The Kier molecular flexibility index (Phi) is 4.74. The van der Waals surface area contributed by atoms with Gasteiger partial charge in [-0.15, -0.1) is 0 Å². The number of pyridine rings is 1. The number of carbonyl (C=O) groups excluding carboxylic acids is 1. The summed E-state index contributed by atoms with van der Waals surface area (Å²) < 4.78 is 5.40.